The first-order valence-electron chi connectivity index (χ1n) is 9.97. The van der Waals surface area contributed by atoms with E-state index in [0.29, 0.717) is 13.2 Å². The first-order chi connectivity index (χ1) is 15.2. The quantitative estimate of drug-likeness (QED) is 0.383. The average Bonchev–Trinajstić information content (AvgIpc) is 3.38. The third-order valence-corrected chi connectivity index (χ3v) is 5.38. The van der Waals surface area contributed by atoms with Crippen LogP contribution in [0.25, 0.3) is 27.9 Å². The van der Waals surface area contributed by atoms with Crippen LogP contribution >= 0.6 is 11.6 Å². The van der Waals surface area contributed by atoms with Crippen LogP contribution in [0.4, 0.5) is 0 Å². The number of benzene rings is 2. The molecule has 6 nitrogen and oxygen atoms in total. The van der Waals surface area contributed by atoms with Crippen molar-refractivity contribution in [2.75, 3.05) is 0 Å². The first kappa shape index (κ1) is 19.3. The summed E-state index contributed by atoms with van der Waals surface area (Å²) in [6.45, 7) is 2.99. The lowest BCUT2D eigenvalue weighted by atomic mass is 10.1. The second-order valence-corrected chi connectivity index (χ2v) is 7.76. The highest BCUT2D eigenvalue weighted by molar-refractivity contribution is 6.30. The SMILES string of the molecule is Cc1nccc2c1[nH]c1cc(OCc3cn(C/C=C/c4ccc(Cl)cc4)nn3)ccc12. The number of nitrogens with one attached hydrogen (secondary N) is 1. The van der Waals surface area contributed by atoms with Crippen molar-refractivity contribution in [1.82, 2.24) is 25.0 Å². The number of ether oxygens (including phenoxy) is 1. The molecule has 0 saturated carbocycles. The fourth-order valence-corrected chi connectivity index (χ4v) is 3.68. The number of aromatic nitrogens is 5. The van der Waals surface area contributed by atoms with Crippen LogP contribution in [0.2, 0.25) is 5.02 Å². The number of nitrogens with zero attached hydrogens (tertiary/aromatic N) is 4. The van der Waals surface area contributed by atoms with Crippen LogP contribution in [0, 0.1) is 6.92 Å². The van der Waals surface area contributed by atoms with Crippen molar-refractivity contribution in [2.24, 2.45) is 0 Å². The predicted molar refractivity (Wildman–Crippen MR) is 123 cm³/mol. The van der Waals surface area contributed by atoms with Crippen molar-refractivity contribution in [1.29, 1.82) is 0 Å². The molecule has 0 unspecified atom stereocenters. The molecule has 3 aromatic heterocycles. The van der Waals surface area contributed by atoms with Gasteiger partial charge in [-0.05, 0) is 42.8 Å². The molecule has 5 aromatic rings. The van der Waals surface area contributed by atoms with Gasteiger partial charge in [0, 0.05) is 28.1 Å². The minimum absolute atomic E-state index is 0.354. The summed E-state index contributed by atoms with van der Waals surface area (Å²) in [5, 5.41) is 11.4. The summed E-state index contributed by atoms with van der Waals surface area (Å²) in [6, 6.07) is 15.8. The zero-order chi connectivity index (χ0) is 21.2. The number of allylic oxidation sites excluding steroid dienone is 1. The molecule has 0 fully saturated rings. The van der Waals surface area contributed by atoms with Crippen LogP contribution in [-0.2, 0) is 13.2 Å². The number of hydrogen-bond donors (Lipinski definition) is 1. The van der Waals surface area contributed by atoms with Gasteiger partial charge in [-0.1, -0.05) is 41.1 Å². The van der Waals surface area contributed by atoms with E-state index in [1.807, 2.05) is 73.9 Å². The van der Waals surface area contributed by atoms with E-state index in [1.54, 1.807) is 4.68 Å². The molecule has 0 bridgehead atoms. The van der Waals surface area contributed by atoms with Gasteiger partial charge < -0.3 is 9.72 Å². The summed E-state index contributed by atoms with van der Waals surface area (Å²) in [6.07, 6.45) is 7.79. The highest BCUT2D eigenvalue weighted by Crippen LogP contribution is 2.29. The third kappa shape index (κ3) is 4.15. The number of fused-ring (bicyclic) bond motifs is 3. The van der Waals surface area contributed by atoms with Gasteiger partial charge in [0.05, 0.1) is 29.5 Å². The second-order valence-electron chi connectivity index (χ2n) is 7.33. The standard InChI is InChI=1S/C24H20ClN5O/c1-16-24-22(10-11-26-16)21-9-8-20(13-23(21)27-24)31-15-19-14-30(29-28-19)12-2-3-17-4-6-18(25)7-5-17/h2-11,13-14,27H,12,15H2,1H3/b3-2+. The Morgan fingerprint density at radius 1 is 1.10 bits per heavy atom. The molecular formula is C24H20ClN5O. The zero-order valence-corrected chi connectivity index (χ0v) is 17.7. The van der Waals surface area contributed by atoms with E-state index in [4.69, 9.17) is 16.3 Å². The molecule has 0 aliphatic rings. The fraction of sp³-hybridized carbons (Fsp3) is 0.125. The van der Waals surface area contributed by atoms with Gasteiger partial charge >= 0.3 is 0 Å². The van der Waals surface area contributed by atoms with E-state index < -0.39 is 0 Å². The van der Waals surface area contributed by atoms with E-state index in [-0.39, 0.29) is 0 Å². The van der Waals surface area contributed by atoms with Gasteiger partial charge in [-0.25, -0.2) is 4.68 Å². The molecule has 0 aliphatic carbocycles. The lowest BCUT2D eigenvalue weighted by Gasteiger charge is -2.03. The number of halogens is 1. The maximum Gasteiger partial charge on any atom is 0.134 e. The van der Waals surface area contributed by atoms with Gasteiger partial charge in [0.15, 0.2) is 0 Å². The molecule has 0 aliphatic heterocycles. The van der Waals surface area contributed by atoms with E-state index in [0.717, 1.165) is 44.1 Å². The molecule has 154 valence electrons. The van der Waals surface area contributed by atoms with E-state index in [9.17, 15) is 0 Å². The first-order valence-corrected chi connectivity index (χ1v) is 10.3. The van der Waals surface area contributed by atoms with Crippen molar-refractivity contribution in [3.8, 4) is 5.75 Å². The fourth-order valence-electron chi connectivity index (χ4n) is 3.56. The number of H-pyrrole nitrogens is 1. The molecule has 0 atom stereocenters. The molecule has 31 heavy (non-hydrogen) atoms. The monoisotopic (exact) mass is 429 g/mol. The van der Waals surface area contributed by atoms with Gasteiger partial charge in [-0.2, -0.15) is 0 Å². The molecule has 0 radical (unpaired) electrons. The van der Waals surface area contributed by atoms with Crippen molar-refractivity contribution in [3.63, 3.8) is 0 Å². The Morgan fingerprint density at radius 2 is 1.97 bits per heavy atom. The van der Waals surface area contributed by atoms with Crippen LogP contribution in [-0.4, -0.2) is 25.0 Å². The summed E-state index contributed by atoms with van der Waals surface area (Å²) < 4.78 is 7.72. The normalized spacial score (nSPS) is 11.7. The average molecular weight is 430 g/mol. The van der Waals surface area contributed by atoms with Crippen LogP contribution < -0.4 is 4.74 Å². The lowest BCUT2D eigenvalue weighted by Crippen LogP contribution is -1.96. The number of pyridine rings is 1. The minimum Gasteiger partial charge on any atom is -0.487 e. The van der Waals surface area contributed by atoms with Crippen LogP contribution in [0.1, 0.15) is 17.0 Å². The van der Waals surface area contributed by atoms with Crippen molar-refractivity contribution in [2.45, 2.75) is 20.1 Å². The summed E-state index contributed by atoms with van der Waals surface area (Å²) in [5.74, 6) is 0.779. The van der Waals surface area contributed by atoms with Gasteiger partial charge in [0.25, 0.3) is 0 Å². The molecule has 0 amide bonds. The topological polar surface area (TPSA) is 68.6 Å². The number of rotatable bonds is 6. The maximum atomic E-state index is 5.94. The number of aryl methyl sites for hydroxylation is 1. The number of hydrogen-bond acceptors (Lipinski definition) is 4. The predicted octanol–water partition coefficient (Wildman–Crippen LogP) is 5.56. The lowest BCUT2D eigenvalue weighted by molar-refractivity contribution is 0.301. The molecule has 2 aromatic carbocycles. The minimum atomic E-state index is 0.354. The second kappa shape index (κ2) is 8.24. The molecule has 0 saturated heterocycles. The Kier molecular flexibility index (Phi) is 5.14. The van der Waals surface area contributed by atoms with E-state index >= 15 is 0 Å². The summed E-state index contributed by atoms with van der Waals surface area (Å²) in [7, 11) is 0. The molecule has 1 N–H and O–H groups in total. The van der Waals surface area contributed by atoms with Gasteiger partial charge in [0.2, 0.25) is 0 Å². The smallest absolute Gasteiger partial charge is 0.134 e. The maximum absolute atomic E-state index is 5.94. The molecule has 7 heteroatoms. The van der Waals surface area contributed by atoms with Gasteiger partial charge in [-0.15, -0.1) is 5.10 Å². The number of aromatic amines is 1. The summed E-state index contributed by atoms with van der Waals surface area (Å²) in [5.41, 5.74) is 4.94. The summed E-state index contributed by atoms with van der Waals surface area (Å²) >= 11 is 5.91. The summed E-state index contributed by atoms with van der Waals surface area (Å²) in [4.78, 5) is 7.79. The molecule has 0 spiro atoms. The Balaban J connectivity index is 1.23. The molecular weight excluding hydrogens is 410 g/mol. The third-order valence-electron chi connectivity index (χ3n) is 5.13. The van der Waals surface area contributed by atoms with Crippen molar-refractivity contribution >= 4 is 39.5 Å². The van der Waals surface area contributed by atoms with Gasteiger partial charge in [-0.3, -0.25) is 4.98 Å². The highest BCUT2D eigenvalue weighted by Gasteiger charge is 2.08. The van der Waals surface area contributed by atoms with Gasteiger partial charge in [0.1, 0.15) is 18.1 Å². The highest BCUT2D eigenvalue weighted by atomic mass is 35.5. The van der Waals surface area contributed by atoms with Crippen LogP contribution in [0.3, 0.4) is 0 Å². The van der Waals surface area contributed by atoms with Crippen LogP contribution in [0.15, 0.2) is 67.0 Å². The van der Waals surface area contributed by atoms with Crippen LogP contribution in [0.5, 0.6) is 5.75 Å². The largest absolute Gasteiger partial charge is 0.487 e. The Morgan fingerprint density at radius 3 is 2.84 bits per heavy atom. The Bertz CT molecular complexity index is 1380. The molecule has 3 heterocycles. The van der Waals surface area contributed by atoms with E-state index in [1.165, 1.54) is 5.39 Å². The van der Waals surface area contributed by atoms with Crippen molar-refractivity contribution < 1.29 is 4.74 Å². The Hall–Kier alpha value is -3.64. The van der Waals surface area contributed by atoms with E-state index in [2.05, 4.69) is 26.3 Å². The Labute approximate surface area is 184 Å². The zero-order valence-electron chi connectivity index (χ0n) is 16.9. The van der Waals surface area contributed by atoms with Crippen molar-refractivity contribution in [3.05, 3.63) is 89.0 Å². The molecule has 5 rings (SSSR count).